The predicted octanol–water partition coefficient (Wildman–Crippen LogP) is 4.12. The topological polar surface area (TPSA) is 65.5 Å². The molecule has 27 heavy (non-hydrogen) atoms. The Bertz CT molecular complexity index is 717. The Hall–Kier alpha value is -2.09. The molecule has 2 aromatic rings. The summed E-state index contributed by atoms with van der Waals surface area (Å²) < 4.78 is 0. The van der Waals surface area contributed by atoms with E-state index in [9.17, 15) is 4.79 Å². The number of hydrogen-bond acceptors (Lipinski definition) is 2. The van der Waals surface area contributed by atoms with Crippen LogP contribution in [0.4, 0.5) is 5.69 Å². The largest absolute Gasteiger partial charge is 0.357 e. The van der Waals surface area contributed by atoms with Crippen LogP contribution in [0.25, 0.3) is 0 Å². The van der Waals surface area contributed by atoms with E-state index in [1.54, 1.807) is 0 Å². The van der Waals surface area contributed by atoms with Crippen LogP contribution >= 0.6 is 24.0 Å². The fourth-order valence-corrected chi connectivity index (χ4v) is 2.60. The molecule has 0 aliphatic rings. The fraction of sp³-hybridized carbons (Fsp3) is 0.333. The van der Waals surface area contributed by atoms with Gasteiger partial charge in [0.15, 0.2) is 5.96 Å². The summed E-state index contributed by atoms with van der Waals surface area (Å²) >= 11 is 0. The minimum absolute atomic E-state index is 0. The Morgan fingerprint density at radius 2 is 1.74 bits per heavy atom. The number of aliphatic imine (C=N–C) groups is 1. The lowest BCUT2D eigenvalue weighted by molar-refractivity contribution is -0.114. The maximum Gasteiger partial charge on any atom is 0.221 e. The molecule has 0 aliphatic heterocycles. The second-order valence-electron chi connectivity index (χ2n) is 6.17. The van der Waals surface area contributed by atoms with E-state index in [2.05, 4.69) is 46.9 Å². The van der Waals surface area contributed by atoms with Gasteiger partial charge in [-0.3, -0.25) is 9.79 Å². The summed E-state index contributed by atoms with van der Waals surface area (Å²) in [6, 6.07) is 18.4. The number of carbonyl (C=O) groups is 1. The lowest BCUT2D eigenvalue weighted by atomic mass is 10.1. The van der Waals surface area contributed by atoms with E-state index in [4.69, 9.17) is 0 Å². The smallest absolute Gasteiger partial charge is 0.221 e. The predicted molar refractivity (Wildman–Crippen MR) is 124 cm³/mol. The van der Waals surface area contributed by atoms with E-state index >= 15 is 0 Å². The third-order valence-corrected chi connectivity index (χ3v) is 3.94. The molecule has 6 heteroatoms. The third-order valence-electron chi connectivity index (χ3n) is 3.94. The molecule has 1 atom stereocenters. The minimum atomic E-state index is -0.0590. The summed E-state index contributed by atoms with van der Waals surface area (Å²) in [5, 5.41) is 9.51. The van der Waals surface area contributed by atoms with Gasteiger partial charge in [-0.25, -0.2) is 0 Å². The van der Waals surface area contributed by atoms with Crippen molar-refractivity contribution in [3.05, 3.63) is 65.7 Å². The number of guanidine groups is 1. The van der Waals surface area contributed by atoms with Gasteiger partial charge < -0.3 is 16.0 Å². The van der Waals surface area contributed by atoms with E-state index in [0.29, 0.717) is 6.54 Å². The summed E-state index contributed by atoms with van der Waals surface area (Å²) in [5.41, 5.74) is 3.23. The Kier molecular flexibility index (Phi) is 10.5. The normalized spacial score (nSPS) is 11.9. The van der Waals surface area contributed by atoms with E-state index in [1.165, 1.54) is 18.1 Å². The molecule has 3 N–H and O–H groups in total. The summed E-state index contributed by atoms with van der Waals surface area (Å²) in [4.78, 5) is 15.7. The summed E-state index contributed by atoms with van der Waals surface area (Å²) in [6.07, 6.45) is 0.844. The van der Waals surface area contributed by atoms with Gasteiger partial charge in [0.2, 0.25) is 5.91 Å². The van der Waals surface area contributed by atoms with Crippen molar-refractivity contribution in [2.24, 2.45) is 4.99 Å². The molecular weight excluding hydrogens is 451 g/mol. The number of carbonyl (C=O) groups excluding carboxylic acids is 1. The Labute approximate surface area is 179 Å². The number of halogens is 1. The van der Waals surface area contributed by atoms with Crippen LogP contribution in [0.2, 0.25) is 0 Å². The van der Waals surface area contributed by atoms with E-state index in [-0.39, 0.29) is 35.9 Å². The van der Waals surface area contributed by atoms with E-state index in [0.717, 1.165) is 24.6 Å². The first kappa shape index (κ1) is 23.0. The molecule has 0 spiro atoms. The molecule has 0 bridgehead atoms. The van der Waals surface area contributed by atoms with Crippen LogP contribution in [-0.4, -0.2) is 25.0 Å². The Balaban J connectivity index is 0.00000364. The van der Waals surface area contributed by atoms with Crippen molar-refractivity contribution in [2.45, 2.75) is 33.2 Å². The van der Waals surface area contributed by atoms with Gasteiger partial charge in [-0.05, 0) is 43.5 Å². The highest BCUT2D eigenvalue weighted by Crippen LogP contribution is 2.11. The Morgan fingerprint density at radius 1 is 1.07 bits per heavy atom. The molecule has 5 nitrogen and oxygen atoms in total. The first-order chi connectivity index (χ1) is 12.6. The van der Waals surface area contributed by atoms with Crippen LogP contribution in [0.1, 0.15) is 37.9 Å². The number of nitrogens with one attached hydrogen (secondary N) is 3. The maximum absolute atomic E-state index is 11.1. The van der Waals surface area contributed by atoms with Crippen LogP contribution in [0, 0.1) is 0 Å². The number of amides is 1. The SMILES string of the molecule is CCNC(=NCCc1ccc(NC(C)=O)cc1)NC(C)c1ccccc1.I. The molecule has 0 fully saturated rings. The van der Waals surface area contributed by atoms with E-state index < -0.39 is 0 Å². The second kappa shape index (κ2) is 12.3. The van der Waals surface area contributed by atoms with Gasteiger partial charge in [0.25, 0.3) is 0 Å². The van der Waals surface area contributed by atoms with Crippen LogP contribution in [-0.2, 0) is 11.2 Å². The number of nitrogens with zero attached hydrogens (tertiary/aromatic N) is 1. The van der Waals surface area contributed by atoms with Crippen LogP contribution < -0.4 is 16.0 Å². The molecule has 146 valence electrons. The van der Waals surface area contributed by atoms with Crippen molar-refractivity contribution in [1.29, 1.82) is 0 Å². The van der Waals surface area contributed by atoms with Gasteiger partial charge >= 0.3 is 0 Å². The second-order valence-corrected chi connectivity index (χ2v) is 6.17. The molecule has 1 unspecified atom stereocenters. The highest BCUT2D eigenvalue weighted by Gasteiger charge is 2.06. The number of anilines is 1. The molecule has 0 saturated heterocycles. The van der Waals surface area contributed by atoms with E-state index in [1.807, 2.05) is 42.5 Å². The minimum Gasteiger partial charge on any atom is -0.357 e. The van der Waals surface area contributed by atoms with Crippen LogP contribution in [0.15, 0.2) is 59.6 Å². The van der Waals surface area contributed by atoms with Crippen molar-refractivity contribution >= 4 is 41.5 Å². The lowest BCUT2D eigenvalue weighted by Gasteiger charge is -2.18. The standard InChI is InChI=1S/C21H28N4O.HI/c1-4-22-21(24-16(2)19-8-6-5-7-9-19)23-15-14-18-10-12-20(13-11-18)25-17(3)26;/h5-13,16H,4,14-15H2,1-3H3,(H,25,26)(H2,22,23,24);1H. The van der Waals surface area contributed by atoms with Gasteiger partial charge in [0.05, 0.1) is 6.04 Å². The quantitative estimate of drug-likeness (QED) is 0.318. The van der Waals surface area contributed by atoms with Crippen molar-refractivity contribution in [3.63, 3.8) is 0 Å². The highest BCUT2D eigenvalue weighted by molar-refractivity contribution is 14.0. The van der Waals surface area contributed by atoms with Crippen molar-refractivity contribution in [2.75, 3.05) is 18.4 Å². The molecule has 0 radical (unpaired) electrons. The number of benzene rings is 2. The lowest BCUT2D eigenvalue weighted by Crippen LogP contribution is -2.38. The number of rotatable bonds is 7. The molecule has 0 aromatic heterocycles. The van der Waals surface area contributed by atoms with Gasteiger partial charge in [-0.1, -0.05) is 42.5 Å². The maximum atomic E-state index is 11.1. The van der Waals surface area contributed by atoms with Crippen LogP contribution in [0.5, 0.6) is 0 Å². The Morgan fingerprint density at radius 3 is 2.33 bits per heavy atom. The zero-order valence-corrected chi connectivity index (χ0v) is 18.5. The zero-order chi connectivity index (χ0) is 18.8. The monoisotopic (exact) mass is 480 g/mol. The summed E-state index contributed by atoms with van der Waals surface area (Å²) in [7, 11) is 0. The molecule has 1 amide bonds. The zero-order valence-electron chi connectivity index (χ0n) is 16.2. The average Bonchev–Trinajstić information content (AvgIpc) is 2.63. The third kappa shape index (κ3) is 8.43. The highest BCUT2D eigenvalue weighted by atomic mass is 127. The summed E-state index contributed by atoms with van der Waals surface area (Å²) in [5.74, 6) is 0.759. The van der Waals surface area contributed by atoms with Crippen molar-refractivity contribution in [3.8, 4) is 0 Å². The first-order valence-electron chi connectivity index (χ1n) is 9.04. The molecule has 0 saturated carbocycles. The van der Waals surface area contributed by atoms with Gasteiger partial charge in [-0.15, -0.1) is 24.0 Å². The number of hydrogen-bond donors (Lipinski definition) is 3. The van der Waals surface area contributed by atoms with Gasteiger partial charge in [-0.2, -0.15) is 0 Å². The molecule has 0 heterocycles. The van der Waals surface area contributed by atoms with Gasteiger partial charge in [0.1, 0.15) is 0 Å². The van der Waals surface area contributed by atoms with Gasteiger partial charge in [0, 0.05) is 25.7 Å². The van der Waals surface area contributed by atoms with Crippen molar-refractivity contribution in [1.82, 2.24) is 10.6 Å². The molecule has 2 aromatic carbocycles. The summed E-state index contributed by atoms with van der Waals surface area (Å²) in [6.45, 7) is 7.21. The average molecular weight is 480 g/mol. The molecule has 0 aliphatic carbocycles. The molecule has 2 rings (SSSR count). The molecular formula is C21H29IN4O. The fourth-order valence-electron chi connectivity index (χ4n) is 2.60. The van der Waals surface area contributed by atoms with Crippen molar-refractivity contribution < 1.29 is 4.79 Å². The van der Waals surface area contributed by atoms with Crippen LogP contribution in [0.3, 0.4) is 0 Å². The first-order valence-corrected chi connectivity index (χ1v) is 9.04.